The lowest BCUT2D eigenvalue weighted by molar-refractivity contribution is 0.122. The second-order valence-electron chi connectivity index (χ2n) is 6.07. The molecule has 4 rings (SSSR count). The van der Waals surface area contributed by atoms with Crippen LogP contribution in [0.4, 0.5) is 5.95 Å². The van der Waals surface area contributed by atoms with E-state index in [2.05, 4.69) is 26.3 Å². The summed E-state index contributed by atoms with van der Waals surface area (Å²) in [6, 6.07) is 6.05. The van der Waals surface area contributed by atoms with Crippen molar-refractivity contribution in [3.05, 3.63) is 41.7 Å². The minimum absolute atomic E-state index is 0. The van der Waals surface area contributed by atoms with Gasteiger partial charge in [-0.05, 0) is 17.7 Å². The van der Waals surface area contributed by atoms with Gasteiger partial charge in [0, 0.05) is 44.1 Å². The molecule has 0 unspecified atom stereocenters. The molecule has 2 aliphatic heterocycles. The number of rotatable bonds is 5. The molecule has 140 valence electrons. The van der Waals surface area contributed by atoms with Crippen molar-refractivity contribution in [1.29, 1.82) is 0 Å². The lowest BCUT2D eigenvalue weighted by atomic mass is 10.2. The first-order valence-electron chi connectivity index (χ1n) is 8.61. The number of morpholine rings is 1. The predicted octanol–water partition coefficient (Wildman–Crippen LogP) is 1.80. The van der Waals surface area contributed by atoms with Gasteiger partial charge in [-0.3, -0.25) is 0 Å². The molecule has 0 amide bonds. The van der Waals surface area contributed by atoms with E-state index in [-0.39, 0.29) is 12.4 Å². The standard InChI is InChI=1S/C18H22N4O3.ClH/c1-2-16-17(25-8-7-24-16)9-14(1)10-19-11-15-12-20-18(21-13-15)22-3-5-23-6-4-22;/h1-2,9,12-13,19H,3-8,10-11H2;1H. The number of hydrogen-bond donors (Lipinski definition) is 1. The molecule has 0 aliphatic carbocycles. The maximum atomic E-state index is 5.61. The number of benzene rings is 1. The zero-order chi connectivity index (χ0) is 16.9. The maximum absolute atomic E-state index is 5.61. The van der Waals surface area contributed by atoms with E-state index in [0.29, 0.717) is 13.2 Å². The van der Waals surface area contributed by atoms with Crippen molar-refractivity contribution in [2.24, 2.45) is 0 Å². The third-order valence-electron chi connectivity index (χ3n) is 4.25. The summed E-state index contributed by atoms with van der Waals surface area (Å²) in [6.45, 7) is 5.87. The molecule has 1 saturated heterocycles. The van der Waals surface area contributed by atoms with Crippen LogP contribution in [0.2, 0.25) is 0 Å². The third-order valence-corrected chi connectivity index (χ3v) is 4.25. The SMILES string of the molecule is Cl.c1cc2c(cc1CNCc1cnc(N3CCOCC3)nc1)OCCO2. The summed E-state index contributed by atoms with van der Waals surface area (Å²) in [4.78, 5) is 11.1. The first kappa shape index (κ1) is 18.7. The van der Waals surface area contributed by atoms with Gasteiger partial charge in [-0.1, -0.05) is 6.07 Å². The van der Waals surface area contributed by atoms with Gasteiger partial charge >= 0.3 is 0 Å². The molecule has 26 heavy (non-hydrogen) atoms. The monoisotopic (exact) mass is 378 g/mol. The van der Waals surface area contributed by atoms with Gasteiger partial charge in [0.2, 0.25) is 5.95 Å². The number of hydrogen-bond acceptors (Lipinski definition) is 7. The molecule has 0 bridgehead atoms. The van der Waals surface area contributed by atoms with E-state index in [1.54, 1.807) is 0 Å². The maximum Gasteiger partial charge on any atom is 0.225 e. The number of aromatic nitrogens is 2. The van der Waals surface area contributed by atoms with E-state index in [1.807, 2.05) is 24.5 Å². The van der Waals surface area contributed by atoms with Gasteiger partial charge in [-0.15, -0.1) is 12.4 Å². The average Bonchev–Trinajstić information content (AvgIpc) is 2.69. The van der Waals surface area contributed by atoms with Crippen LogP contribution in [-0.4, -0.2) is 49.5 Å². The highest BCUT2D eigenvalue weighted by molar-refractivity contribution is 5.85. The molecule has 1 N–H and O–H groups in total. The molecule has 3 heterocycles. The molecule has 8 heteroatoms. The van der Waals surface area contributed by atoms with Crippen LogP contribution >= 0.6 is 12.4 Å². The molecule has 7 nitrogen and oxygen atoms in total. The number of ether oxygens (including phenoxy) is 3. The zero-order valence-corrected chi connectivity index (χ0v) is 15.3. The Hall–Kier alpha value is -2.09. The van der Waals surface area contributed by atoms with Crippen molar-refractivity contribution >= 4 is 18.4 Å². The summed E-state index contributed by atoms with van der Waals surface area (Å²) < 4.78 is 16.5. The Labute approximate surface area is 159 Å². The number of fused-ring (bicyclic) bond motifs is 1. The Kier molecular flexibility index (Phi) is 6.49. The fourth-order valence-corrected chi connectivity index (χ4v) is 2.91. The van der Waals surface area contributed by atoms with Crippen LogP contribution in [0, 0.1) is 0 Å². The summed E-state index contributed by atoms with van der Waals surface area (Å²) in [7, 11) is 0. The van der Waals surface area contributed by atoms with Gasteiger partial charge in [0.15, 0.2) is 11.5 Å². The number of anilines is 1. The van der Waals surface area contributed by atoms with Crippen LogP contribution in [0.5, 0.6) is 11.5 Å². The van der Waals surface area contributed by atoms with E-state index in [4.69, 9.17) is 14.2 Å². The lowest BCUT2D eigenvalue weighted by Gasteiger charge is -2.26. The molecule has 0 radical (unpaired) electrons. The molecule has 0 atom stereocenters. The Bertz CT molecular complexity index is 708. The highest BCUT2D eigenvalue weighted by atomic mass is 35.5. The molecule has 1 fully saturated rings. The number of halogens is 1. The molecular weight excluding hydrogens is 356 g/mol. The van der Waals surface area contributed by atoms with Gasteiger partial charge in [0.25, 0.3) is 0 Å². The van der Waals surface area contributed by atoms with Crippen LogP contribution in [0.25, 0.3) is 0 Å². The topological polar surface area (TPSA) is 68.7 Å². The van der Waals surface area contributed by atoms with Crippen molar-refractivity contribution < 1.29 is 14.2 Å². The fourth-order valence-electron chi connectivity index (χ4n) is 2.91. The van der Waals surface area contributed by atoms with Crippen molar-refractivity contribution in [3.63, 3.8) is 0 Å². The van der Waals surface area contributed by atoms with E-state index in [9.17, 15) is 0 Å². The fraction of sp³-hybridized carbons (Fsp3) is 0.444. The zero-order valence-electron chi connectivity index (χ0n) is 14.5. The second-order valence-corrected chi connectivity index (χ2v) is 6.07. The van der Waals surface area contributed by atoms with E-state index in [1.165, 1.54) is 0 Å². The first-order chi connectivity index (χ1) is 12.4. The van der Waals surface area contributed by atoms with Crippen LogP contribution in [-0.2, 0) is 17.8 Å². The molecule has 2 aliphatic rings. The Morgan fingerprint density at radius 1 is 0.885 bits per heavy atom. The molecule has 1 aromatic heterocycles. The number of nitrogens with zero attached hydrogens (tertiary/aromatic N) is 3. The van der Waals surface area contributed by atoms with Crippen molar-refractivity contribution in [1.82, 2.24) is 15.3 Å². The predicted molar refractivity (Wildman–Crippen MR) is 100 cm³/mol. The summed E-state index contributed by atoms with van der Waals surface area (Å²) >= 11 is 0. The number of nitrogens with one attached hydrogen (secondary N) is 1. The molecule has 2 aromatic rings. The minimum atomic E-state index is 0. The van der Waals surface area contributed by atoms with Crippen molar-refractivity contribution in [2.45, 2.75) is 13.1 Å². The van der Waals surface area contributed by atoms with E-state index in [0.717, 1.165) is 68.0 Å². The first-order valence-corrected chi connectivity index (χ1v) is 8.61. The van der Waals surface area contributed by atoms with Crippen LogP contribution < -0.4 is 19.7 Å². The van der Waals surface area contributed by atoms with E-state index < -0.39 is 0 Å². The van der Waals surface area contributed by atoms with Crippen LogP contribution in [0.1, 0.15) is 11.1 Å². The quantitative estimate of drug-likeness (QED) is 0.850. The van der Waals surface area contributed by atoms with E-state index >= 15 is 0 Å². The molecule has 1 aromatic carbocycles. The highest BCUT2D eigenvalue weighted by Gasteiger charge is 2.13. The molecule has 0 spiro atoms. The van der Waals surface area contributed by atoms with Crippen LogP contribution in [0.15, 0.2) is 30.6 Å². The summed E-state index contributed by atoms with van der Waals surface area (Å²) in [5, 5.41) is 3.41. The molecule has 0 saturated carbocycles. The van der Waals surface area contributed by atoms with Crippen molar-refractivity contribution in [2.75, 3.05) is 44.4 Å². The lowest BCUT2D eigenvalue weighted by Crippen LogP contribution is -2.37. The van der Waals surface area contributed by atoms with Gasteiger partial charge in [0.05, 0.1) is 13.2 Å². The third kappa shape index (κ3) is 4.55. The second kappa shape index (κ2) is 9.02. The largest absolute Gasteiger partial charge is 0.486 e. The Morgan fingerprint density at radius 3 is 2.35 bits per heavy atom. The van der Waals surface area contributed by atoms with Gasteiger partial charge < -0.3 is 24.4 Å². The summed E-state index contributed by atoms with van der Waals surface area (Å²) in [5.74, 6) is 2.42. The molecular formula is C18H23ClN4O3. The Morgan fingerprint density at radius 2 is 1.58 bits per heavy atom. The normalized spacial score (nSPS) is 16.1. The van der Waals surface area contributed by atoms with Gasteiger partial charge in [-0.25, -0.2) is 9.97 Å². The minimum Gasteiger partial charge on any atom is -0.486 e. The smallest absolute Gasteiger partial charge is 0.225 e. The summed E-state index contributed by atoms with van der Waals surface area (Å²) in [5.41, 5.74) is 2.23. The van der Waals surface area contributed by atoms with Gasteiger partial charge in [-0.2, -0.15) is 0 Å². The summed E-state index contributed by atoms with van der Waals surface area (Å²) in [6.07, 6.45) is 3.77. The van der Waals surface area contributed by atoms with Gasteiger partial charge in [0.1, 0.15) is 13.2 Å². The van der Waals surface area contributed by atoms with Crippen molar-refractivity contribution in [3.8, 4) is 11.5 Å². The van der Waals surface area contributed by atoms with Crippen LogP contribution in [0.3, 0.4) is 0 Å². The average molecular weight is 379 g/mol. The Balaban J connectivity index is 0.00000196. The highest BCUT2D eigenvalue weighted by Crippen LogP contribution is 2.30.